The van der Waals surface area contributed by atoms with Crippen LogP contribution in [-0.2, 0) is 12.4 Å². The van der Waals surface area contributed by atoms with E-state index in [9.17, 15) is 26.3 Å². The molecule has 212 valence electrons. The maximum Gasteiger partial charge on any atom is 0.435 e. The van der Waals surface area contributed by atoms with Gasteiger partial charge in [0.15, 0.2) is 23.0 Å². The van der Waals surface area contributed by atoms with E-state index in [0.29, 0.717) is 5.69 Å². The summed E-state index contributed by atoms with van der Waals surface area (Å²) < 4.78 is 91.9. The second-order valence-electron chi connectivity index (χ2n) is 8.40. The van der Waals surface area contributed by atoms with Crippen LogP contribution in [0.2, 0.25) is 0 Å². The summed E-state index contributed by atoms with van der Waals surface area (Å²) >= 11 is 0. The molecule has 0 saturated heterocycles. The van der Waals surface area contributed by atoms with Gasteiger partial charge in [0.1, 0.15) is 23.1 Å². The van der Waals surface area contributed by atoms with Gasteiger partial charge in [-0.2, -0.15) is 36.5 Å². The summed E-state index contributed by atoms with van der Waals surface area (Å²) in [5.41, 5.74) is -1.71. The van der Waals surface area contributed by atoms with Crippen LogP contribution in [0.25, 0.3) is 11.6 Å². The fourth-order valence-corrected chi connectivity index (χ4v) is 3.82. The summed E-state index contributed by atoms with van der Waals surface area (Å²) in [5, 5.41) is 7.18. The van der Waals surface area contributed by atoms with Gasteiger partial charge < -0.3 is 9.47 Å². The molecule has 0 fully saturated rings. The van der Waals surface area contributed by atoms with Crippen molar-refractivity contribution in [2.75, 3.05) is 19.1 Å². The fraction of sp³-hybridized carbons (Fsp3) is 0.154. The van der Waals surface area contributed by atoms with Gasteiger partial charge >= 0.3 is 12.4 Å². The smallest absolute Gasteiger partial charge is 0.435 e. The molecule has 41 heavy (non-hydrogen) atoms. The van der Waals surface area contributed by atoms with E-state index in [4.69, 9.17) is 9.47 Å². The first-order valence-electron chi connectivity index (χ1n) is 11.7. The first-order valence-corrected chi connectivity index (χ1v) is 11.7. The Morgan fingerprint density at radius 2 is 1.07 bits per heavy atom. The normalized spacial score (nSPS) is 11.9. The van der Waals surface area contributed by atoms with Gasteiger partial charge in [-0.05, 0) is 24.3 Å². The average Bonchev–Trinajstić information content (AvgIpc) is 3.64. The van der Waals surface area contributed by atoms with Gasteiger partial charge in [-0.15, -0.1) is 0 Å². The monoisotopic (exact) mass is 575 g/mol. The van der Waals surface area contributed by atoms with Crippen molar-refractivity contribution < 1.29 is 35.8 Å². The predicted octanol–water partition coefficient (Wildman–Crippen LogP) is 6.37. The van der Waals surface area contributed by atoms with Gasteiger partial charge in [0.2, 0.25) is 0 Å². The molecule has 1 aromatic carbocycles. The zero-order chi connectivity index (χ0) is 29.4. The highest BCUT2D eigenvalue weighted by Crippen LogP contribution is 2.37. The molecular formula is C26H19F6N7O2. The summed E-state index contributed by atoms with van der Waals surface area (Å²) in [4.78, 5) is 10.6. The Balaban J connectivity index is 1.68. The van der Waals surface area contributed by atoms with Crippen LogP contribution in [0.5, 0.6) is 11.5 Å². The minimum atomic E-state index is -4.66. The zero-order valence-corrected chi connectivity index (χ0v) is 21.2. The minimum Gasteiger partial charge on any atom is -0.496 e. The van der Waals surface area contributed by atoms with Crippen molar-refractivity contribution in [2.45, 2.75) is 12.4 Å². The molecule has 5 aromatic rings. The number of hydrogen-bond acceptors (Lipinski definition) is 7. The van der Waals surface area contributed by atoms with E-state index in [1.54, 1.807) is 30.3 Å². The number of benzene rings is 1. The predicted molar refractivity (Wildman–Crippen MR) is 134 cm³/mol. The largest absolute Gasteiger partial charge is 0.496 e. The first kappa shape index (κ1) is 27.5. The fourth-order valence-electron chi connectivity index (χ4n) is 3.82. The van der Waals surface area contributed by atoms with Crippen LogP contribution in [0.3, 0.4) is 0 Å². The number of hydrogen-bond donors (Lipinski definition) is 0. The van der Waals surface area contributed by atoms with Crippen LogP contribution < -0.4 is 14.4 Å². The Morgan fingerprint density at radius 3 is 1.44 bits per heavy atom. The Bertz CT molecular complexity index is 1560. The van der Waals surface area contributed by atoms with Crippen LogP contribution in [0, 0.1) is 0 Å². The lowest BCUT2D eigenvalue weighted by Crippen LogP contribution is -2.16. The summed E-state index contributed by atoms with van der Waals surface area (Å²) in [7, 11) is 2.75. The SMILES string of the molecule is COc1cc(N(c2ccccc2)c2cc(OC)cc(-n3ccc(C(F)(F)F)n3)n2)nc(-n2ccc(C(F)(F)F)n2)c1. The zero-order valence-electron chi connectivity index (χ0n) is 21.2. The van der Waals surface area contributed by atoms with Crippen molar-refractivity contribution in [3.63, 3.8) is 0 Å². The van der Waals surface area contributed by atoms with Crippen molar-refractivity contribution >= 4 is 17.3 Å². The van der Waals surface area contributed by atoms with Crippen LogP contribution in [-0.4, -0.2) is 43.7 Å². The number of alkyl halides is 6. The number of para-hydroxylation sites is 1. The number of aromatic nitrogens is 6. The molecule has 0 aliphatic carbocycles. The quantitative estimate of drug-likeness (QED) is 0.209. The summed E-state index contributed by atoms with van der Waals surface area (Å²) in [6.45, 7) is 0. The molecule has 0 bridgehead atoms. The third kappa shape index (κ3) is 5.78. The van der Waals surface area contributed by atoms with E-state index in [1.807, 2.05) is 0 Å². The average molecular weight is 575 g/mol. The molecule has 0 aliphatic heterocycles. The highest BCUT2D eigenvalue weighted by molar-refractivity contribution is 5.74. The second-order valence-corrected chi connectivity index (χ2v) is 8.40. The van der Waals surface area contributed by atoms with Crippen LogP contribution in [0.1, 0.15) is 11.4 Å². The van der Waals surface area contributed by atoms with E-state index in [-0.39, 0.29) is 34.8 Å². The van der Waals surface area contributed by atoms with Gasteiger partial charge in [0, 0.05) is 42.3 Å². The lowest BCUT2D eigenvalue weighted by atomic mass is 10.2. The highest BCUT2D eigenvalue weighted by atomic mass is 19.4. The Kier molecular flexibility index (Phi) is 7.02. The van der Waals surface area contributed by atoms with Crippen LogP contribution in [0.15, 0.2) is 79.1 Å². The van der Waals surface area contributed by atoms with Crippen LogP contribution in [0.4, 0.5) is 43.7 Å². The van der Waals surface area contributed by atoms with Gasteiger partial charge in [-0.1, -0.05) is 18.2 Å². The summed E-state index contributed by atoms with van der Waals surface area (Å²) in [5.74, 6) is 0.775. The Morgan fingerprint density at radius 1 is 0.634 bits per heavy atom. The number of halogens is 6. The molecule has 0 aliphatic rings. The minimum absolute atomic E-state index is 0.000737. The van der Waals surface area contributed by atoms with Crippen molar-refractivity contribution in [1.29, 1.82) is 0 Å². The molecule has 5 rings (SSSR count). The van der Waals surface area contributed by atoms with Crippen molar-refractivity contribution in [1.82, 2.24) is 29.5 Å². The molecule has 0 radical (unpaired) electrons. The molecule has 0 N–H and O–H groups in total. The molecular weight excluding hydrogens is 556 g/mol. The topological polar surface area (TPSA) is 83.1 Å². The van der Waals surface area contributed by atoms with E-state index in [2.05, 4.69) is 20.2 Å². The highest BCUT2D eigenvalue weighted by Gasteiger charge is 2.35. The number of pyridine rings is 2. The third-order valence-electron chi connectivity index (χ3n) is 5.72. The third-order valence-corrected chi connectivity index (χ3v) is 5.72. The Hall–Kier alpha value is -5.08. The van der Waals surface area contributed by atoms with Gasteiger partial charge in [-0.25, -0.2) is 19.3 Å². The van der Waals surface area contributed by atoms with Gasteiger partial charge in [0.05, 0.1) is 14.2 Å². The first-order chi connectivity index (χ1) is 19.5. The molecule has 0 unspecified atom stereocenters. The molecule has 4 aromatic heterocycles. The standard InChI is InChI=1S/C26H19F6N7O2/c1-40-17-12-21(37-10-8-19(35-37)25(27,28)29)33-23(14-17)39(16-6-4-3-5-7-16)24-15-18(41-2)13-22(34-24)38-11-9-20(36-38)26(30,31)32/h3-15H,1-2H3. The van der Waals surface area contributed by atoms with E-state index < -0.39 is 23.7 Å². The van der Waals surface area contributed by atoms with Crippen molar-refractivity contribution in [3.8, 4) is 23.1 Å². The van der Waals surface area contributed by atoms with Gasteiger partial charge in [0.25, 0.3) is 0 Å². The number of methoxy groups -OCH3 is 2. The maximum atomic E-state index is 13.2. The van der Waals surface area contributed by atoms with Crippen molar-refractivity contribution in [2.24, 2.45) is 0 Å². The van der Waals surface area contributed by atoms with Crippen LogP contribution >= 0.6 is 0 Å². The van der Waals surface area contributed by atoms with E-state index in [0.717, 1.165) is 33.9 Å². The Labute approximate surface area is 228 Å². The molecule has 0 saturated carbocycles. The molecule has 15 heteroatoms. The lowest BCUT2D eigenvalue weighted by molar-refractivity contribution is -0.142. The van der Waals surface area contributed by atoms with Crippen molar-refractivity contribution in [3.05, 3.63) is 90.5 Å². The molecule has 4 heterocycles. The molecule has 9 nitrogen and oxygen atoms in total. The molecule has 0 spiro atoms. The lowest BCUT2D eigenvalue weighted by Gasteiger charge is -2.25. The number of ether oxygens (including phenoxy) is 2. The number of nitrogens with zero attached hydrogens (tertiary/aromatic N) is 7. The summed E-state index contributed by atoms with van der Waals surface area (Å²) in [6, 6.07) is 16.1. The van der Waals surface area contributed by atoms with E-state index in [1.165, 1.54) is 43.4 Å². The molecule has 0 amide bonds. The summed E-state index contributed by atoms with van der Waals surface area (Å²) in [6.07, 6.45) is -7.11. The molecule has 0 atom stereocenters. The number of rotatable bonds is 7. The number of anilines is 3. The van der Waals surface area contributed by atoms with Gasteiger partial charge in [-0.3, -0.25) is 4.90 Å². The second kappa shape index (κ2) is 10.5. The maximum absolute atomic E-state index is 13.2. The van der Waals surface area contributed by atoms with E-state index >= 15 is 0 Å².